The summed E-state index contributed by atoms with van der Waals surface area (Å²) in [5.41, 5.74) is 0. The number of aldehydes is 1. The normalized spacial score (nSPS) is 14.2. The van der Waals surface area contributed by atoms with Crippen LogP contribution in [0, 0.1) is 10.1 Å². The van der Waals surface area contributed by atoms with Gasteiger partial charge >= 0.3 is 0 Å². The molecule has 0 aromatic carbocycles. The van der Waals surface area contributed by atoms with Crippen molar-refractivity contribution >= 4 is 6.29 Å². The number of carbonyl (C=O) groups is 1. The molecule has 0 aliphatic carbocycles. The average Bonchev–Trinajstić information content (AvgIpc) is 2.59. The van der Waals surface area contributed by atoms with Crippen molar-refractivity contribution < 1.29 is 14.8 Å². The number of nitrogens with zero attached hydrogens (tertiary/aromatic N) is 1. The van der Waals surface area contributed by atoms with Gasteiger partial charge in [-0.1, -0.05) is 63.3 Å². The van der Waals surface area contributed by atoms with E-state index in [1.54, 1.807) is 6.08 Å². The van der Waals surface area contributed by atoms with Crippen molar-refractivity contribution in [2.75, 3.05) is 0 Å². The monoisotopic (exact) mass is 353 g/mol. The zero-order valence-corrected chi connectivity index (χ0v) is 15.6. The smallest absolute Gasteiger partial charge is 0.242 e. The van der Waals surface area contributed by atoms with Crippen molar-refractivity contribution in [1.29, 1.82) is 0 Å². The maximum absolute atomic E-state index is 11.1. The minimum absolute atomic E-state index is 0.267. The fraction of sp³-hybridized carbons (Fsp3) is 0.750. The number of nitro groups is 1. The van der Waals surface area contributed by atoms with E-state index in [9.17, 15) is 20.0 Å². The second-order valence-corrected chi connectivity index (χ2v) is 6.49. The number of carbonyl (C=O) groups excluding carboxylic acids is 1. The SMILES string of the molecule is CCCCCCCC/C=C\CC(C(O)C/C=C\CCCC=O)[N+](=O)[O-]. The van der Waals surface area contributed by atoms with E-state index in [0.717, 1.165) is 32.0 Å². The third-order valence-electron chi connectivity index (χ3n) is 4.22. The van der Waals surface area contributed by atoms with Gasteiger partial charge in [-0.15, -0.1) is 0 Å². The van der Waals surface area contributed by atoms with E-state index in [1.165, 1.54) is 32.1 Å². The third kappa shape index (κ3) is 14.6. The first-order valence-corrected chi connectivity index (χ1v) is 9.68. The fourth-order valence-corrected chi connectivity index (χ4v) is 2.61. The first kappa shape index (κ1) is 23.5. The molecule has 0 aliphatic rings. The zero-order valence-electron chi connectivity index (χ0n) is 15.6. The Morgan fingerprint density at radius 3 is 2.12 bits per heavy atom. The van der Waals surface area contributed by atoms with Gasteiger partial charge in [-0.25, -0.2) is 0 Å². The fourth-order valence-electron chi connectivity index (χ4n) is 2.61. The van der Waals surface area contributed by atoms with Crippen LogP contribution in [0.25, 0.3) is 0 Å². The minimum atomic E-state index is -0.976. The van der Waals surface area contributed by atoms with Crippen molar-refractivity contribution in [3.63, 3.8) is 0 Å². The Bertz CT molecular complexity index is 393. The van der Waals surface area contributed by atoms with Gasteiger partial charge in [-0.2, -0.15) is 0 Å². The van der Waals surface area contributed by atoms with E-state index in [0.29, 0.717) is 6.42 Å². The molecule has 0 spiro atoms. The van der Waals surface area contributed by atoms with Crippen molar-refractivity contribution in [3.8, 4) is 0 Å². The highest BCUT2D eigenvalue weighted by molar-refractivity contribution is 5.48. The number of aliphatic hydroxyl groups is 1. The molecule has 0 saturated carbocycles. The lowest BCUT2D eigenvalue weighted by molar-refractivity contribution is -0.533. The summed E-state index contributed by atoms with van der Waals surface area (Å²) in [4.78, 5) is 20.9. The maximum atomic E-state index is 11.1. The van der Waals surface area contributed by atoms with E-state index in [4.69, 9.17) is 0 Å². The van der Waals surface area contributed by atoms with Gasteiger partial charge in [-0.3, -0.25) is 10.1 Å². The average molecular weight is 354 g/mol. The Morgan fingerprint density at radius 2 is 1.48 bits per heavy atom. The molecule has 5 heteroatoms. The Balaban J connectivity index is 3.97. The molecule has 2 atom stereocenters. The van der Waals surface area contributed by atoms with Crippen LogP contribution >= 0.6 is 0 Å². The van der Waals surface area contributed by atoms with Crippen LogP contribution in [0.4, 0.5) is 0 Å². The van der Waals surface area contributed by atoms with Gasteiger partial charge in [0.15, 0.2) is 0 Å². The van der Waals surface area contributed by atoms with E-state index >= 15 is 0 Å². The summed E-state index contributed by atoms with van der Waals surface area (Å²) in [6.07, 6.45) is 18.3. The van der Waals surface area contributed by atoms with Crippen LogP contribution in [0.5, 0.6) is 0 Å². The molecule has 25 heavy (non-hydrogen) atoms. The largest absolute Gasteiger partial charge is 0.386 e. The molecule has 0 rings (SSSR count). The lowest BCUT2D eigenvalue weighted by Crippen LogP contribution is -2.32. The van der Waals surface area contributed by atoms with Crippen molar-refractivity contribution in [2.45, 2.75) is 96.1 Å². The van der Waals surface area contributed by atoms with Crippen LogP contribution in [0.2, 0.25) is 0 Å². The molecule has 0 aromatic heterocycles. The van der Waals surface area contributed by atoms with E-state index in [-0.39, 0.29) is 17.8 Å². The summed E-state index contributed by atoms with van der Waals surface area (Å²) in [5, 5.41) is 21.2. The van der Waals surface area contributed by atoms with Gasteiger partial charge in [0.25, 0.3) is 0 Å². The van der Waals surface area contributed by atoms with Crippen molar-refractivity contribution in [2.24, 2.45) is 0 Å². The minimum Gasteiger partial charge on any atom is -0.386 e. The molecule has 144 valence electrons. The molecule has 0 amide bonds. The van der Waals surface area contributed by atoms with Crippen molar-refractivity contribution in [3.05, 3.63) is 34.4 Å². The zero-order chi connectivity index (χ0) is 18.8. The molecule has 0 bridgehead atoms. The lowest BCUT2D eigenvalue weighted by Gasteiger charge is -2.12. The molecular weight excluding hydrogens is 318 g/mol. The Labute approximate surface area is 152 Å². The van der Waals surface area contributed by atoms with E-state index in [2.05, 4.69) is 6.92 Å². The van der Waals surface area contributed by atoms with Crippen LogP contribution in [0.3, 0.4) is 0 Å². The van der Waals surface area contributed by atoms with E-state index < -0.39 is 12.1 Å². The van der Waals surface area contributed by atoms with Crippen LogP contribution in [0.1, 0.15) is 84.0 Å². The number of hydrogen-bond acceptors (Lipinski definition) is 4. The summed E-state index contributed by atoms with van der Waals surface area (Å²) in [7, 11) is 0. The first-order chi connectivity index (χ1) is 12.1. The number of allylic oxidation sites excluding steroid dienone is 2. The van der Waals surface area contributed by atoms with Gasteiger partial charge in [-0.05, 0) is 32.1 Å². The molecule has 2 unspecified atom stereocenters. The number of rotatable bonds is 17. The number of unbranched alkanes of at least 4 members (excludes halogenated alkanes) is 8. The van der Waals surface area contributed by atoms with Gasteiger partial charge < -0.3 is 9.90 Å². The van der Waals surface area contributed by atoms with E-state index in [1.807, 2.05) is 18.2 Å². The molecule has 5 nitrogen and oxygen atoms in total. The summed E-state index contributed by atoms with van der Waals surface area (Å²) in [5.74, 6) is 0. The summed E-state index contributed by atoms with van der Waals surface area (Å²) in [6, 6.07) is -0.958. The summed E-state index contributed by atoms with van der Waals surface area (Å²) < 4.78 is 0. The van der Waals surface area contributed by atoms with Crippen LogP contribution in [0.15, 0.2) is 24.3 Å². The molecule has 0 fully saturated rings. The first-order valence-electron chi connectivity index (χ1n) is 9.68. The van der Waals surface area contributed by atoms with Crippen LogP contribution in [-0.4, -0.2) is 28.5 Å². The highest BCUT2D eigenvalue weighted by Gasteiger charge is 2.27. The molecule has 0 aliphatic heterocycles. The molecule has 0 radical (unpaired) electrons. The predicted octanol–water partition coefficient (Wildman–Crippen LogP) is 5.01. The van der Waals surface area contributed by atoms with Crippen LogP contribution in [-0.2, 0) is 4.79 Å². The topological polar surface area (TPSA) is 80.4 Å². The Kier molecular flexibility index (Phi) is 16.3. The number of hydrogen-bond donors (Lipinski definition) is 1. The van der Waals surface area contributed by atoms with Crippen LogP contribution < -0.4 is 0 Å². The molecule has 0 heterocycles. The molecule has 0 saturated heterocycles. The maximum Gasteiger partial charge on any atom is 0.242 e. The van der Waals surface area contributed by atoms with Gasteiger partial charge in [0.05, 0.1) is 0 Å². The Hall–Kier alpha value is -1.49. The van der Waals surface area contributed by atoms with Gasteiger partial charge in [0, 0.05) is 17.8 Å². The van der Waals surface area contributed by atoms with Crippen molar-refractivity contribution in [1.82, 2.24) is 0 Å². The Morgan fingerprint density at radius 1 is 0.880 bits per heavy atom. The summed E-state index contributed by atoms with van der Waals surface area (Å²) in [6.45, 7) is 2.20. The summed E-state index contributed by atoms with van der Waals surface area (Å²) >= 11 is 0. The molecule has 1 N–H and O–H groups in total. The molecule has 0 aromatic rings. The second kappa shape index (κ2) is 17.3. The highest BCUT2D eigenvalue weighted by Crippen LogP contribution is 2.11. The standard InChI is InChI=1S/C20H35NO4/c1-2-3-4-5-6-7-8-10-13-16-19(21(24)25)20(23)17-14-11-9-12-15-18-22/h10-11,13-14,18-20,23H,2-9,12,15-17H2,1H3/b13-10-,14-11-. The second-order valence-electron chi connectivity index (χ2n) is 6.49. The number of aliphatic hydroxyl groups excluding tert-OH is 1. The lowest BCUT2D eigenvalue weighted by atomic mass is 10.0. The highest BCUT2D eigenvalue weighted by atomic mass is 16.6. The van der Waals surface area contributed by atoms with Gasteiger partial charge in [0.2, 0.25) is 6.04 Å². The third-order valence-corrected chi connectivity index (χ3v) is 4.22. The van der Waals surface area contributed by atoms with Gasteiger partial charge in [0.1, 0.15) is 12.4 Å². The quantitative estimate of drug-likeness (QED) is 0.131. The predicted molar refractivity (Wildman–Crippen MR) is 102 cm³/mol. The molecular formula is C20H35NO4.